The number of anilines is 1. The lowest BCUT2D eigenvalue weighted by molar-refractivity contribution is 0.103. The van der Waals surface area contributed by atoms with E-state index in [1.165, 1.54) is 11.3 Å². The highest BCUT2D eigenvalue weighted by Gasteiger charge is 2.10. The third-order valence-electron chi connectivity index (χ3n) is 2.99. The molecule has 0 bridgehead atoms. The zero-order valence-electron chi connectivity index (χ0n) is 12.0. The number of halogens is 1. The highest BCUT2D eigenvalue weighted by atomic mass is 35.5. The number of carbonyl (C=O) groups is 1. The molecule has 0 aliphatic heterocycles. The van der Waals surface area contributed by atoms with Gasteiger partial charge in [-0.2, -0.15) is 0 Å². The fourth-order valence-corrected chi connectivity index (χ4v) is 2.88. The number of aromatic nitrogens is 1. The number of amides is 1. The molecule has 0 spiro atoms. The fourth-order valence-electron chi connectivity index (χ4n) is 1.91. The molecule has 0 fully saturated rings. The SMILES string of the molecule is O=C(Nc1ccccn1)c1cc(COc2cccc(Cl)c2)cs1. The Kier molecular flexibility index (Phi) is 4.90. The molecule has 3 aromatic rings. The zero-order chi connectivity index (χ0) is 16.1. The minimum absolute atomic E-state index is 0.178. The van der Waals surface area contributed by atoms with Gasteiger partial charge < -0.3 is 10.1 Å². The molecule has 2 aromatic heterocycles. The van der Waals surface area contributed by atoms with E-state index in [1.54, 1.807) is 30.5 Å². The Labute approximate surface area is 142 Å². The monoisotopic (exact) mass is 344 g/mol. The van der Waals surface area contributed by atoms with Gasteiger partial charge in [-0.25, -0.2) is 4.98 Å². The van der Waals surface area contributed by atoms with E-state index in [4.69, 9.17) is 16.3 Å². The number of pyridine rings is 1. The van der Waals surface area contributed by atoms with Gasteiger partial charge in [0.25, 0.3) is 5.91 Å². The van der Waals surface area contributed by atoms with Crippen LogP contribution in [-0.4, -0.2) is 10.9 Å². The van der Waals surface area contributed by atoms with Gasteiger partial charge in [-0.3, -0.25) is 4.79 Å². The van der Waals surface area contributed by atoms with Crippen molar-refractivity contribution in [1.29, 1.82) is 0 Å². The number of hydrogen-bond acceptors (Lipinski definition) is 4. The molecule has 6 heteroatoms. The van der Waals surface area contributed by atoms with Crippen LogP contribution in [0.25, 0.3) is 0 Å². The van der Waals surface area contributed by atoms with Gasteiger partial charge in [-0.1, -0.05) is 23.7 Å². The van der Waals surface area contributed by atoms with Crippen LogP contribution in [0.15, 0.2) is 60.1 Å². The van der Waals surface area contributed by atoms with Gasteiger partial charge in [-0.05, 0) is 41.8 Å². The minimum Gasteiger partial charge on any atom is -0.489 e. The Morgan fingerprint density at radius 2 is 2.13 bits per heavy atom. The first-order valence-electron chi connectivity index (χ1n) is 6.89. The van der Waals surface area contributed by atoms with Gasteiger partial charge in [0.2, 0.25) is 0 Å². The third-order valence-corrected chi connectivity index (χ3v) is 4.20. The summed E-state index contributed by atoms with van der Waals surface area (Å²) in [6.45, 7) is 0.383. The maximum Gasteiger partial charge on any atom is 0.266 e. The van der Waals surface area contributed by atoms with Crippen LogP contribution in [0, 0.1) is 0 Å². The molecule has 0 aliphatic carbocycles. The molecule has 116 valence electrons. The number of nitrogens with one attached hydrogen (secondary N) is 1. The highest BCUT2D eigenvalue weighted by Crippen LogP contribution is 2.21. The second kappa shape index (κ2) is 7.26. The number of carbonyl (C=O) groups excluding carboxylic acids is 1. The van der Waals surface area contributed by atoms with E-state index in [-0.39, 0.29) is 5.91 Å². The molecule has 3 rings (SSSR count). The first kappa shape index (κ1) is 15.5. The van der Waals surface area contributed by atoms with Crippen LogP contribution in [0.4, 0.5) is 5.82 Å². The van der Waals surface area contributed by atoms with Gasteiger partial charge in [0, 0.05) is 16.8 Å². The number of rotatable bonds is 5. The first-order valence-corrected chi connectivity index (χ1v) is 8.14. The first-order chi connectivity index (χ1) is 11.2. The molecule has 4 nitrogen and oxygen atoms in total. The van der Waals surface area contributed by atoms with Gasteiger partial charge in [0.15, 0.2) is 0 Å². The normalized spacial score (nSPS) is 10.3. The van der Waals surface area contributed by atoms with Crippen molar-refractivity contribution < 1.29 is 9.53 Å². The molecule has 1 amide bonds. The van der Waals surface area contributed by atoms with Crippen LogP contribution in [0.5, 0.6) is 5.75 Å². The van der Waals surface area contributed by atoms with Crippen molar-refractivity contribution in [1.82, 2.24) is 4.98 Å². The van der Waals surface area contributed by atoms with Crippen molar-refractivity contribution in [3.05, 3.63) is 75.6 Å². The maximum absolute atomic E-state index is 12.1. The Morgan fingerprint density at radius 1 is 1.22 bits per heavy atom. The van der Waals surface area contributed by atoms with Crippen LogP contribution >= 0.6 is 22.9 Å². The molecule has 23 heavy (non-hydrogen) atoms. The summed E-state index contributed by atoms with van der Waals surface area (Å²) in [6, 6.07) is 14.4. The molecule has 2 heterocycles. The van der Waals surface area contributed by atoms with E-state index in [0.717, 1.165) is 5.56 Å². The second-order valence-electron chi connectivity index (χ2n) is 4.73. The molecular weight excluding hydrogens is 332 g/mol. The topological polar surface area (TPSA) is 51.2 Å². The van der Waals surface area contributed by atoms with E-state index in [9.17, 15) is 4.79 Å². The number of ether oxygens (including phenoxy) is 1. The van der Waals surface area contributed by atoms with Crippen LogP contribution in [0.3, 0.4) is 0 Å². The quantitative estimate of drug-likeness (QED) is 0.734. The van der Waals surface area contributed by atoms with Gasteiger partial charge in [0.05, 0.1) is 4.88 Å². The van der Waals surface area contributed by atoms with Crippen molar-refractivity contribution in [2.24, 2.45) is 0 Å². The van der Waals surface area contributed by atoms with Gasteiger partial charge >= 0.3 is 0 Å². The Bertz CT molecular complexity index is 805. The van der Waals surface area contributed by atoms with Crippen molar-refractivity contribution >= 4 is 34.7 Å². The summed E-state index contributed by atoms with van der Waals surface area (Å²) >= 11 is 7.28. The van der Waals surface area contributed by atoms with E-state index in [1.807, 2.05) is 29.6 Å². The van der Waals surface area contributed by atoms with Gasteiger partial charge in [-0.15, -0.1) is 11.3 Å². The maximum atomic E-state index is 12.1. The Balaban J connectivity index is 1.60. The lowest BCUT2D eigenvalue weighted by Crippen LogP contribution is -2.11. The summed E-state index contributed by atoms with van der Waals surface area (Å²) in [7, 11) is 0. The zero-order valence-corrected chi connectivity index (χ0v) is 13.6. The molecule has 1 aromatic carbocycles. The van der Waals surface area contributed by atoms with Crippen LogP contribution in [0.1, 0.15) is 15.2 Å². The van der Waals surface area contributed by atoms with Gasteiger partial charge in [0.1, 0.15) is 18.2 Å². The van der Waals surface area contributed by atoms with E-state index in [0.29, 0.717) is 28.1 Å². The predicted octanol–water partition coefficient (Wildman–Crippen LogP) is 4.63. The summed E-state index contributed by atoms with van der Waals surface area (Å²) in [5.41, 5.74) is 0.932. The average molecular weight is 345 g/mol. The van der Waals surface area contributed by atoms with Crippen LogP contribution < -0.4 is 10.1 Å². The summed E-state index contributed by atoms with van der Waals surface area (Å²) in [5, 5.41) is 5.28. The molecule has 0 saturated heterocycles. The highest BCUT2D eigenvalue weighted by molar-refractivity contribution is 7.12. The lowest BCUT2D eigenvalue weighted by atomic mass is 10.3. The predicted molar refractivity (Wildman–Crippen MR) is 92.3 cm³/mol. The molecular formula is C17H13ClN2O2S. The molecule has 0 aliphatic rings. The van der Waals surface area contributed by atoms with Crippen molar-refractivity contribution in [3.63, 3.8) is 0 Å². The van der Waals surface area contributed by atoms with Crippen LogP contribution in [0.2, 0.25) is 5.02 Å². The Hall–Kier alpha value is -2.37. The minimum atomic E-state index is -0.178. The van der Waals surface area contributed by atoms with Crippen molar-refractivity contribution in [2.75, 3.05) is 5.32 Å². The summed E-state index contributed by atoms with van der Waals surface area (Å²) < 4.78 is 5.66. The summed E-state index contributed by atoms with van der Waals surface area (Å²) in [4.78, 5) is 16.8. The fraction of sp³-hybridized carbons (Fsp3) is 0.0588. The molecule has 1 N–H and O–H groups in total. The van der Waals surface area contributed by atoms with E-state index < -0.39 is 0 Å². The average Bonchev–Trinajstić information content (AvgIpc) is 3.03. The number of thiophene rings is 1. The largest absolute Gasteiger partial charge is 0.489 e. The number of benzene rings is 1. The van der Waals surface area contributed by atoms with E-state index >= 15 is 0 Å². The number of hydrogen-bond donors (Lipinski definition) is 1. The summed E-state index contributed by atoms with van der Waals surface area (Å²) in [5.74, 6) is 1.05. The molecule has 0 unspecified atom stereocenters. The van der Waals surface area contributed by atoms with Crippen molar-refractivity contribution in [3.8, 4) is 5.75 Å². The summed E-state index contributed by atoms with van der Waals surface area (Å²) in [6.07, 6.45) is 1.63. The third kappa shape index (κ3) is 4.31. The van der Waals surface area contributed by atoms with E-state index in [2.05, 4.69) is 10.3 Å². The molecule has 0 radical (unpaired) electrons. The molecule has 0 atom stereocenters. The van der Waals surface area contributed by atoms with Crippen molar-refractivity contribution in [2.45, 2.75) is 6.61 Å². The lowest BCUT2D eigenvalue weighted by Gasteiger charge is -2.04. The Morgan fingerprint density at radius 3 is 2.91 bits per heavy atom. The van der Waals surface area contributed by atoms with Crippen LogP contribution in [-0.2, 0) is 6.61 Å². The standard InChI is InChI=1S/C17H13ClN2O2S/c18-13-4-3-5-14(9-13)22-10-12-8-15(23-11-12)17(21)20-16-6-1-2-7-19-16/h1-9,11H,10H2,(H,19,20,21). The smallest absolute Gasteiger partial charge is 0.266 e. The second-order valence-corrected chi connectivity index (χ2v) is 6.08. The molecule has 0 saturated carbocycles. The number of nitrogens with zero attached hydrogens (tertiary/aromatic N) is 1.